The monoisotopic (exact) mass is 400 g/mol. The van der Waals surface area contributed by atoms with E-state index in [4.69, 9.17) is 4.98 Å². The predicted molar refractivity (Wildman–Crippen MR) is 113 cm³/mol. The average Bonchev–Trinajstić information content (AvgIpc) is 3.19. The summed E-state index contributed by atoms with van der Waals surface area (Å²) in [6.07, 6.45) is 0. The molecule has 148 valence electrons. The number of hydrogen-bond acceptors (Lipinski definition) is 5. The Bertz CT molecular complexity index is 1170. The number of imidazole rings is 1. The van der Waals surface area contributed by atoms with E-state index in [1.54, 1.807) is 24.3 Å². The molecular formula is C22H16N4O4. The summed E-state index contributed by atoms with van der Waals surface area (Å²) in [7, 11) is 0. The summed E-state index contributed by atoms with van der Waals surface area (Å²) >= 11 is 0. The maximum atomic E-state index is 11.0. The number of nitro benzene ring substituents is 2. The van der Waals surface area contributed by atoms with Crippen LogP contribution < -0.4 is 0 Å². The summed E-state index contributed by atoms with van der Waals surface area (Å²) in [6.45, 7) is 1.98. The summed E-state index contributed by atoms with van der Waals surface area (Å²) in [5.74, 6) is 0.648. The Morgan fingerprint density at radius 1 is 0.767 bits per heavy atom. The first-order valence-corrected chi connectivity index (χ1v) is 9.09. The van der Waals surface area contributed by atoms with Crippen molar-refractivity contribution in [3.05, 3.63) is 98.6 Å². The average molecular weight is 400 g/mol. The second-order valence-corrected chi connectivity index (χ2v) is 6.73. The summed E-state index contributed by atoms with van der Waals surface area (Å²) < 4.78 is 0. The van der Waals surface area contributed by atoms with Crippen LogP contribution in [0.3, 0.4) is 0 Å². The molecule has 8 heteroatoms. The van der Waals surface area contributed by atoms with Crippen molar-refractivity contribution in [1.82, 2.24) is 9.97 Å². The molecule has 4 rings (SSSR count). The molecule has 30 heavy (non-hydrogen) atoms. The molecule has 0 bridgehead atoms. The van der Waals surface area contributed by atoms with Crippen LogP contribution in [0.2, 0.25) is 0 Å². The molecular weight excluding hydrogens is 384 g/mol. The molecule has 0 aliphatic rings. The third-order valence-electron chi connectivity index (χ3n) is 4.82. The second kappa shape index (κ2) is 7.59. The molecule has 0 saturated carbocycles. The second-order valence-electron chi connectivity index (χ2n) is 6.73. The lowest BCUT2D eigenvalue weighted by Gasteiger charge is -2.03. The minimum atomic E-state index is -0.454. The molecule has 1 aromatic heterocycles. The van der Waals surface area contributed by atoms with Gasteiger partial charge in [0.1, 0.15) is 5.82 Å². The molecule has 0 fully saturated rings. The molecule has 0 aliphatic carbocycles. The van der Waals surface area contributed by atoms with Gasteiger partial charge >= 0.3 is 0 Å². The van der Waals surface area contributed by atoms with Crippen LogP contribution in [0.1, 0.15) is 5.56 Å². The van der Waals surface area contributed by atoms with Gasteiger partial charge < -0.3 is 4.98 Å². The molecule has 4 aromatic rings. The smallest absolute Gasteiger partial charge is 0.269 e. The molecule has 0 spiro atoms. The Morgan fingerprint density at radius 3 is 1.83 bits per heavy atom. The van der Waals surface area contributed by atoms with Gasteiger partial charge in [0.2, 0.25) is 0 Å². The molecule has 3 aromatic carbocycles. The van der Waals surface area contributed by atoms with Gasteiger partial charge in [-0.1, -0.05) is 24.3 Å². The zero-order valence-electron chi connectivity index (χ0n) is 15.9. The third kappa shape index (κ3) is 3.53. The maximum Gasteiger partial charge on any atom is 0.269 e. The van der Waals surface area contributed by atoms with Gasteiger partial charge in [-0.25, -0.2) is 4.98 Å². The van der Waals surface area contributed by atoms with Crippen molar-refractivity contribution in [2.75, 3.05) is 0 Å². The molecule has 0 radical (unpaired) electrons. The summed E-state index contributed by atoms with van der Waals surface area (Å²) in [4.78, 5) is 29.1. The van der Waals surface area contributed by atoms with E-state index < -0.39 is 9.85 Å². The van der Waals surface area contributed by atoms with Crippen molar-refractivity contribution in [3.63, 3.8) is 0 Å². The van der Waals surface area contributed by atoms with E-state index in [0.29, 0.717) is 22.8 Å². The fourth-order valence-electron chi connectivity index (χ4n) is 3.25. The van der Waals surface area contributed by atoms with E-state index in [0.717, 1.165) is 16.7 Å². The van der Waals surface area contributed by atoms with Gasteiger partial charge in [-0.2, -0.15) is 0 Å². The molecule has 0 saturated heterocycles. The van der Waals surface area contributed by atoms with E-state index in [1.807, 2.05) is 31.2 Å². The van der Waals surface area contributed by atoms with Gasteiger partial charge in [0, 0.05) is 41.0 Å². The van der Waals surface area contributed by atoms with Crippen LogP contribution >= 0.6 is 0 Å². The predicted octanol–water partition coefficient (Wildman–Crippen LogP) is 5.54. The number of nitro groups is 2. The van der Waals surface area contributed by atoms with Gasteiger partial charge in [-0.15, -0.1) is 0 Å². The highest BCUT2D eigenvalue weighted by molar-refractivity contribution is 5.82. The van der Waals surface area contributed by atoms with Crippen molar-refractivity contribution in [2.24, 2.45) is 0 Å². The number of H-pyrrole nitrogens is 1. The molecule has 1 N–H and O–H groups in total. The summed E-state index contributed by atoms with van der Waals surface area (Å²) in [5.41, 5.74) is 4.66. The van der Waals surface area contributed by atoms with Crippen LogP contribution in [-0.4, -0.2) is 19.8 Å². The van der Waals surface area contributed by atoms with Crippen LogP contribution in [0.15, 0.2) is 72.8 Å². The van der Waals surface area contributed by atoms with Gasteiger partial charge in [0.15, 0.2) is 0 Å². The highest BCUT2D eigenvalue weighted by Gasteiger charge is 2.18. The Morgan fingerprint density at radius 2 is 1.30 bits per heavy atom. The van der Waals surface area contributed by atoms with Crippen molar-refractivity contribution in [1.29, 1.82) is 0 Å². The van der Waals surface area contributed by atoms with Crippen LogP contribution in [-0.2, 0) is 0 Å². The van der Waals surface area contributed by atoms with E-state index >= 15 is 0 Å². The Hall–Kier alpha value is -4.33. The van der Waals surface area contributed by atoms with E-state index in [1.165, 1.54) is 24.3 Å². The molecule has 0 aliphatic heterocycles. The standard InChI is InChI=1S/C22H16N4O4/c1-14-4-2-3-5-19(14)22-23-20(15-6-10-17(11-7-15)25(27)28)21(24-22)16-8-12-18(13-9-16)26(29)30/h2-13H,1H3,(H,23,24). The Kier molecular flexibility index (Phi) is 4.81. The fourth-order valence-corrected chi connectivity index (χ4v) is 3.25. The van der Waals surface area contributed by atoms with Crippen LogP contribution in [0, 0.1) is 27.2 Å². The maximum absolute atomic E-state index is 11.0. The lowest BCUT2D eigenvalue weighted by Crippen LogP contribution is -1.89. The first-order chi connectivity index (χ1) is 14.4. The summed E-state index contributed by atoms with van der Waals surface area (Å²) in [5, 5.41) is 22.0. The highest BCUT2D eigenvalue weighted by atomic mass is 16.6. The van der Waals surface area contributed by atoms with Crippen LogP contribution in [0.4, 0.5) is 11.4 Å². The lowest BCUT2D eigenvalue weighted by molar-refractivity contribution is -0.385. The molecule has 0 atom stereocenters. The summed E-state index contributed by atoms with van der Waals surface area (Å²) in [6, 6.07) is 20.1. The van der Waals surface area contributed by atoms with E-state index in [-0.39, 0.29) is 11.4 Å². The number of aromatic amines is 1. The lowest BCUT2D eigenvalue weighted by atomic mass is 10.0. The number of hydrogen-bond donors (Lipinski definition) is 1. The zero-order valence-corrected chi connectivity index (χ0v) is 15.9. The number of aromatic nitrogens is 2. The van der Waals surface area contributed by atoms with Crippen molar-refractivity contribution in [3.8, 4) is 33.9 Å². The molecule has 1 heterocycles. The molecule has 0 unspecified atom stereocenters. The van der Waals surface area contributed by atoms with Gasteiger partial charge in [0.25, 0.3) is 11.4 Å². The fraction of sp³-hybridized carbons (Fsp3) is 0.0455. The number of benzene rings is 3. The molecule has 8 nitrogen and oxygen atoms in total. The topological polar surface area (TPSA) is 115 Å². The van der Waals surface area contributed by atoms with Crippen molar-refractivity contribution >= 4 is 11.4 Å². The molecule has 0 amide bonds. The van der Waals surface area contributed by atoms with Crippen molar-refractivity contribution < 1.29 is 9.85 Å². The van der Waals surface area contributed by atoms with Crippen LogP contribution in [0.25, 0.3) is 33.9 Å². The normalized spacial score (nSPS) is 10.7. The zero-order chi connectivity index (χ0) is 21.3. The minimum absolute atomic E-state index is 0.00530. The SMILES string of the molecule is Cc1ccccc1-c1nc(-c2ccc([N+](=O)[O-])cc2)c(-c2ccc([N+](=O)[O-])cc2)[nH]1. The quantitative estimate of drug-likeness (QED) is 0.349. The van der Waals surface area contributed by atoms with E-state index in [2.05, 4.69) is 4.98 Å². The number of nitrogens with one attached hydrogen (secondary N) is 1. The number of aryl methyl sites for hydroxylation is 1. The Labute approximate surface area is 171 Å². The first kappa shape index (κ1) is 19.0. The van der Waals surface area contributed by atoms with Gasteiger partial charge in [0.05, 0.1) is 21.2 Å². The van der Waals surface area contributed by atoms with Crippen LogP contribution in [0.5, 0.6) is 0 Å². The van der Waals surface area contributed by atoms with Gasteiger partial charge in [-0.05, 0) is 36.8 Å². The number of non-ortho nitro benzene ring substituents is 2. The first-order valence-electron chi connectivity index (χ1n) is 9.09. The Balaban J connectivity index is 1.87. The minimum Gasteiger partial charge on any atom is -0.337 e. The van der Waals surface area contributed by atoms with E-state index in [9.17, 15) is 20.2 Å². The largest absolute Gasteiger partial charge is 0.337 e. The number of rotatable bonds is 5. The highest BCUT2D eigenvalue weighted by Crippen LogP contribution is 2.35. The third-order valence-corrected chi connectivity index (χ3v) is 4.82. The van der Waals surface area contributed by atoms with Gasteiger partial charge in [-0.3, -0.25) is 20.2 Å². The van der Waals surface area contributed by atoms with Crippen molar-refractivity contribution in [2.45, 2.75) is 6.92 Å². The number of nitrogens with zero attached hydrogens (tertiary/aromatic N) is 3.